The predicted octanol–water partition coefficient (Wildman–Crippen LogP) is 5.90. The van der Waals surface area contributed by atoms with Crippen molar-refractivity contribution in [3.63, 3.8) is 0 Å². The average molecular weight is 411 g/mol. The molecule has 27 heavy (non-hydrogen) atoms. The van der Waals surface area contributed by atoms with Gasteiger partial charge >= 0.3 is 0 Å². The van der Waals surface area contributed by atoms with Crippen LogP contribution in [0.3, 0.4) is 0 Å². The molecule has 0 aliphatic carbocycles. The summed E-state index contributed by atoms with van der Waals surface area (Å²) in [5, 5.41) is 17.8. The van der Waals surface area contributed by atoms with Crippen molar-refractivity contribution in [2.24, 2.45) is 0 Å². The Bertz CT molecular complexity index is 1270. The molecule has 132 valence electrons. The number of hydrogen-bond donors (Lipinski definition) is 0. The van der Waals surface area contributed by atoms with Crippen molar-refractivity contribution in [1.29, 1.82) is 0 Å². The van der Waals surface area contributed by atoms with E-state index in [-0.39, 0.29) is 0 Å². The number of halogens is 2. The van der Waals surface area contributed by atoms with Crippen molar-refractivity contribution in [2.75, 3.05) is 0 Å². The van der Waals surface area contributed by atoms with Gasteiger partial charge in [0.1, 0.15) is 5.01 Å². The second-order valence-electron chi connectivity index (χ2n) is 6.16. The number of nitrogens with zero attached hydrogens (tertiary/aromatic N) is 4. The fourth-order valence-electron chi connectivity index (χ4n) is 3.12. The molecule has 0 saturated carbocycles. The van der Waals surface area contributed by atoms with Crippen LogP contribution in [0.25, 0.3) is 26.3 Å². The molecule has 0 atom stereocenters. The molecular weight excluding hydrogens is 399 g/mol. The molecule has 0 aliphatic rings. The van der Waals surface area contributed by atoms with Gasteiger partial charge < -0.3 is 0 Å². The molecule has 0 spiro atoms. The normalized spacial score (nSPS) is 11.5. The zero-order chi connectivity index (χ0) is 18.4. The zero-order valence-corrected chi connectivity index (χ0v) is 16.3. The molecule has 7 heteroatoms. The molecule has 0 bridgehead atoms. The van der Waals surface area contributed by atoms with Crippen molar-refractivity contribution in [3.8, 4) is 10.6 Å². The van der Waals surface area contributed by atoms with Crippen LogP contribution in [-0.4, -0.2) is 19.8 Å². The first-order valence-corrected chi connectivity index (χ1v) is 9.89. The van der Waals surface area contributed by atoms with Gasteiger partial charge in [0.05, 0.1) is 0 Å². The lowest BCUT2D eigenvalue weighted by Gasteiger charge is -2.04. The molecule has 0 fully saturated rings. The van der Waals surface area contributed by atoms with Crippen molar-refractivity contribution in [1.82, 2.24) is 19.8 Å². The molecule has 0 amide bonds. The number of fused-ring (bicyclic) bond motifs is 2. The van der Waals surface area contributed by atoms with E-state index in [0.717, 1.165) is 47.7 Å². The molecule has 4 nitrogen and oxygen atoms in total. The van der Waals surface area contributed by atoms with Crippen LogP contribution in [0.2, 0.25) is 10.0 Å². The lowest BCUT2D eigenvalue weighted by molar-refractivity contribution is 0.854. The van der Waals surface area contributed by atoms with Crippen LogP contribution in [0.1, 0.15) is 11.4 Å². The summed E-state index contributed by atoms with van der Waals surface area (Å²) in [6.45, 7) is 0. The van der Waals surface area contributed by atoms with Gasteiger partial charge in [-0.15, -0.1) is 10.2 Å². The molecule has 2 heterocycles. The van der Waals surface area contributed by atoms with Crippen LogP contribution in [0.5, 0.6) is 0 Å². The van der Waals surface area contributed by atoms with E-state index >= 15 is 0 Å². The summed E-state index contributed by atoms with van der Waals surface area (Å²) in [5.74, 6) is 0.799. The average Bonchev–Trinajstić information content (AvgIpc) is 3.25. The molecule has 0 radical (unpaired) electrons. The highest BCUT2D eigenvalue weighted by molar-refractivity contribution is 7.19. The lowest BCUT2D eigenvalue weighted by atomic mass is 10.1. The molecule has 3 aromatic carbocycles. The summed E-state index contributed by atoms with van der Waals surface area (Å²) in [5.41, 5.74) is 2.16. The first kappa shape index (κ1) is 16.7. The van der Waals surface area contributed by atoms with E-state index in [9.17, 15) is 0 Å². The van der Waals surface area contributed by atoms with Crippen LogP contribution in [-0.2, 0) is 6.42 Å². The van der Waals surface area contributed by atoms with Gasteiger partial charge in [-0.25, -0.2) is 0 Å². The molecule has 0 saturated heterocycles. The number of rotatable bonds is 3. The largest absolute Gasteiger partial charge is 0.234 e. The minimum absolute atomic E-state index is 0.642. The third-order valence-corrected chi connectivity index (χ3v) is 5.94. The summed E-state index contributed by atoms with van der Waals surface area (Å²) in [6, 6.07) is 19.7. The van der Waals surface area contributed by atoms with Gasteiger partial charge in [-0.05, 0) is 29.1 Å². The number of hydrogen-bond acceptors (Lipinski definition) is 4. The monoisotopic (exact) mass is 410 g/mol. The second-order valence-corrected chi connectivity index (χ2v) is 7.96. The highest BCUT2D eigenvalue weighted by Crippen LogP contribution is 2.34. The van der Waals surface area contributed by atoms with Gasteiger partial charge in [0.15, 0.2) is 5.82 Å². The molecule has 2 aromatic heterocycles. The maximum Gasteiger partial charge on any atom is 0.234 e. The van der Waals surface area contributed by atoms with E-state index in [4.69, 9.17) is 28.3 Å². The first-order valence-electron chi connectivity index (χ1n) is 8.32. The van der Waals surface area contributed by atoms with Gasteiger partial charge in [0.25, 0.3) is 0 Å². The predicted molar refractivity (Wildman–Crippen MR) is 111 cm³/mol. The Labute approximate surface area is 169 Å². The zero-order valence-electron chi connectivity index (χ0n) is 13.9. The Kier molecular flexibility index (Phi) is 4.08. The van der Waals surface area contributed by atoms with Crippen molar-refractivity contribution in [3.05, 3.63) is 82.1 Å². The van der Waals surface area contributed by atoms with Crippen LogP contribution < -0.4 is 0 Å². The van der Waals surface area contributed by atoms with Crippen LogP contribution in [0.4, 0.5) is 0 Å². The van der Waals surface area contributed by atoms with E-state index in [1.165, 1.54) is 11.3 Å². The number of benzene rings is 3. The SMILES string of the molecule is Clc1ccc(Cc2nnc3sc(-c4cccc5c(Cl)cccc45)nn23)cc1. The van der Waals surface area contributed by atoms with Crippen LogP contribution >= 0.6 is 34.5 Å². The smallest absolute Gasteiger partial charge is 0.187 e. The summed E-state index contributed by atoms with van der Waals surface area (Å²) >= 11 is 13.8. The minimum Gasteiger partial charge on any atom is -0.187 e. The third-order valence-electron chi connectivity index (χ3n) is 4.43. The van der Waals surface area contributed by atoms with Gasteiger partial charge in [-0.1, -0.05) is 77.0 Å². The van der Waals surface area contributed by atoms with Gasteiger partial charge in [-0.3, -0.25) is 0 Å². The van der Waals surface area contributed by atoms with Crippen LogP contribution in [0, 0.1) is 0 Å². The Morgan fingerprint density at radius 2 is 1.63 bits per heavy atom. The van der Waals surface area contributed by atoms with Crippen molar-refractivity contribution >= 4 is 50.3 Å². The molecule has 0 aliphatic heterocycles. The first-order chi connectivity index (χ1) is 13.2. The van der Waals surface area contributed by atoms with Crippen LogP contribution in [0.15, 0.2) is 60.7 Å². The maximum absolute atomic E-state index is 6.35. The topological polar surface area (TPSA) is 43.1 Å². The highest BCUT2D eigenvalue weighted by atomic mass is 35.5. The quantitative estimate of drug-likeness (QED) is 0.371. The van der Waals surface area contributed by atoms with E-state index in [1.54, 1.807) is 0 Å². The van der Waals surface area contributed by atoms with Crippen molar-refractivity contribution in [2.45, 2.75) is 6.42 Å². The summed E-state index contributed by atoms with van der Waals surface area (Å²) in [6.07, 6.45) is 0.642. The minimum atomic E-state index is 0.642. The van der Waals surface area contributed by atoms with Gasteiger partial charge in [0, 0.05) is 27.4 Å². The van der Waals surface area contributed by atoms with Crippen molar-refractivity contribution < 1.29 is 0 Å². The Hall–Kier alpha value is -2.47. The summed E-state index contributed by atoms with van der Waals surface area (Å²) in [7, 11) is 0. The van der Waals surface area contributed by atoms with E-state index in [1.807, 2.05) is 53.0 Å². The number of aromatic nitrogens is 4. The lowest BCUT2D eigenvalue weighted by Crippen LogP contribution is -1.97. The third kappa shape index (κ3) is 2.98. The Morgan fingerprint density at radius 1 is 0.852 bits per heavy atom. The van der Waals surface area contributed by atoms with E-state index in [2.05, 4.69) is 22.3 Å². The second kappa shape index (κ2) is 6.60. The highest BCUT2D eigenvalue weighted by Gasteiger charge is 2.15. The molecule has 5 rings (SSSR count). The summed E-state index contributed by atoms with van der Waals surface area (Å²) in [4.78, 5) is 0.771. The van der Waals surface area contributed by atoms with Gasteiger partial charge in [-0.2, -0.15) is 9.61 Å². The molecule has 0 unspecified atom stereocenters. The Balaban J connectivity index is 1.59. The fourth-order valence-corrected chi connectivity index (χ4v) is 4.38. The Morgan fingerprint density at radius 3 is 2.48 bits per heavy atom. The molecule has 0 N–H and O–H groups in total. The molecule has 5 aromatic rings. The fraction of sp³-hybridized carbons (Fsp3) is 0.0500. The molecular formula is C20H12Cl2N4S. The summed E-state index contributed by atoms with van der Waals surface area (Å²) < 4.78 is 1.82. The van der Waals surface area contributed by atoms with E-state index in [0.29, 0.717) is 6.42 Å². The maximum atomic E-state index is 6.35. The van der Waals surface area contributed by atoms with E-state index < -0.39 is 0 Å². The van der Waals surface area contributed by atoms with Gasteiger partial charge in [0.2, 0.25) is 4.96 Å². The standard InChI is InChI=1S/C20H12Cl2N4S/c21-13-9-7-12(8-10-13)11-18-23-24-20-26(18)25-19(27-20)16-5-1-4-15-14(16)3-2-6-17(15)22/h1-10H,11H2.